The molecule has 1 N–H and O–H groups in total. The van der Waals surface area contributed by atoms with Crippen LogP contribution in [0.5, 0.6) is 0 Å². The van der Waals surface area contributed by atoms with Gasteiger partial charge in [0.15, 0.2) is 0 Å². The molecule has 0 aromatic heterocycles. The van der Waals surface area contributed by atoms with Gasteiger partial charge in [-0.25, -0.2) is 4.79 Å². The van der Waals surface area contributed by atoms with Gasteiger partial charge in [-0.3, -0.25) is 0 Å². The van der Waals surface area contributed by atoms with E-state index < -0.39 is 5.51 Å². The third-order valence-corrected chi connectivity index (χ3v) is 5.58. The molecule has 25 heavy (non-hydrogen) atoms. The Balaban J connectivity index is 1.65. The van der Waals surface area contributed by atoms with E-state index in [0.29, 0.717) is 12.2 Å². The average Bonchev–Trinajstić information content (AvgIpc) is 3.06. The number of carbonyl (C=O) groups excluding carboxylic acids is 1. The summed E-state index contributed by atoms with van der Waals surface area (Å²) in [6.07, 6.45) is 0. The van der Waals surface area contributed by atoms with Crippen LogP contribution in [0.25, 0.3) is 0 Å². The van der Waals surface area contributed by atoms with E-state index in [1.54, 1.807) is 16.7 Å². The van der Waals surface area contributed by atoms with E-state index in [9.17, 15) is 18.0 Å². The number of urea groups is 1. The lowest BCUT2D eigenvalue weighted by Crippen LogP contribution is -2.34. The number of thioether (sulfide) groups is 2. The first kappa shape index (κ1) is 18.0. The molecular weight excluding hydrogens is 369 g/mol. The number of halogens is 3. The van der Waals surface area contributed by atoms with Crippen LogP contribution in [-0.2, 0) is 0 Å². The molecule has 0 bridgehead atoms. The Bertz CT molecular complexity index is 723. The molecule has 2 aromatic carbocycles. The van der Waals surface area contributed by atoms with Crippen molar-refractivity contribution in [1.29, 1.82) is 0 Å². The maximum Gasteiger partial charge on any atom is 0.446 e. The number of amides is 2. The Morgan fingerprint density at radius 2 is 1.80 bits per heavy atom. The van der Waals surface area contributed by atoms with E-state index >= 15 is 0 Å². The molecule has 0 spiro atoms. The summed E-state index contributed by atoms with van der Waals surface area (Å²) in [4.78, 5) is 14.4. The summed E-state index contributed by atoms with van der Waals surface area (Å²) < 4.78 is 37.0. The lowest BCUT2D eigenvalue weighted by molar-refractivity contribution is -0.0328. The zero-order valence-electron chi connectivity index (χ0n) is 13.0. The predicted molar refractivity (Wildman–Crippen MR) is 95.7 cm³/mol. The maximum atomic E-state index is 12.5. The summed E-state index contributed by atoms with van der Waals surface area (Å²) in [5, 5.41) is 2.70. The van der Waals surface area contributed by atoms with Crippen molar-refractivity contribution in [3.8, 4) is 0 Å². The summed E-state index contributed by atoms with van der Waals surface area (Å²) in [5.74, 6) is 0.841. The minimum Gasteiger partial charge on any atom is -0.308 e. The molecule has 1 heterocycles. The van der Waals surface area contributed by atoms with Gasteiger partial charge < -0.3 is 10.2 Å². The Morgan fingerprint density at radius 3 is 2.44 bits per heavy atom. The topological polar surface area (TPSA) is 32.3 Å². The van der Waals surface area contributed by atoms with Crippen LogP contribution in [0.1, 0.15) is 10.9 Å². The van der Waals surface area contributed by atoms with Gasteiger partial charge in [0.2, 0.25) is 0 Å². The third-order valence-electron chi connectivity index (χ3n) is 3.58. The zero-order valence-corrected chi connectivity index (χ0v) is 14.6. The summed E-state index contributed by atoms with van der Waals surface area (Å²) in [5.41, 5.74) is -2.79. The van der Waals surface area contributed by atoms with Crippen molar-refractivity contribution < 1.29 is 18.0 Å². The van der Waals surface area contributed by atoms with Crippen molar-refractivity contribution >= 4 is 35.2 Å². The molecule has 1 aliphatic rings. The highest BCUT2D eigenvalue weighted by molar-refractivity contribution is 8.00. The van der Waals surface area contributed by atoms with Crippen LogP contribution in [0.2, 0.25) is 0 Å². The zero-order chi connectivity index (χ0) is 17.9. The largest absolute Gasteiger partial charge is 0.446 e. The monoisotopic (exact) mass is 384 g/mol. The van der Waals surface area contributed by atoms with E-state index in [1.165, 1.54) is 24.3 Å². The summed E-state index contributed by atoms with van der Waals surface area (Å²) in [7, 11) is 0. The highest BCUT2D eigenvalue weighted by Gasteiger charge is 2.31. The molecule has 1 aliphatic heterocycles. The van der Waals surface area contributed by atoms with Crippen LogP contribution >= 0.6 is 23.5 Å². The number of hydrogen-bond donors (Lipinski definition) is 1. The number of nitrogens with zero attached hydrogens (tertiary/aromatic N) is 1. The smallest absolute Gasteiger partial charge is 0.308 e. The molecule has 132 valence electrons. The van der Waals surface area contributed by atoms with E-state index in [0.717, 1.165) is 11.3 Å². The van der Waals surface area contributed by atoms with Gasteiger partial charge in [-0.1, -0.05) is 30.3 Å². The van der Waals surface area contributed by atoms with Gasteiger partial charge in [0.1, 0.15) is 5.37 Å². The average molecular weight is 384 g/mol. The molecule has 2 amide bonds. The number of benzene rings is 2. The normalized spacial score (nSPS) is 17.6. The van der Waals surface area contributed by atoms with Gasteiger partial charge in [0, 0.05) is 22.9 Å². The van der Waals surface area contributed by atoms with Gasteiger partial charge in [0.25, 0.3) is 0 Å². The highest BCUT2D eigenvalue weighted by atomic mass is 32.2. The SMILES string of the molecule is O=C(Nc1ccc(SC(F)(F)F)cc1)N1CCSC1c1ccccc1. The van der Waals surface area contributed by atoms with E-state index in [2.05, 4.69) is 5.32 Å². The molecule has 2 aromatic rings. The molecule has 1 atom stereocenters. The van der Waals surface area contributed by atoms with Crippen LogP contribution in [0.3, 0.4) is 0 Å². The van der Waals surface area contributed by atoms with E-state index in [1.807, 2.05) is 30.3 Å². The maximum absolute atomic E-state index is 12.5. The molecule has 1 unspecified atom stereocenters. The summed E-state index contributed by atoms with van der Waals surface area (Å²) in [6, 6.07) is 15.1. The molecular formula is C17H15F3N2OS2. The van der Waals surface area contributed by atoms with Crippen LogP contribution < -0.4 is 5.32 Å². The minimum absolute atomic E-state index is 0.0544. The number of nitrogens with one attached hydrogen (secondary N) is 1. The van der Waals surface area contributed by atoms with Crippen molar-refractivity contribution in [3.63, 3.8) is 0 Å². The van der Waals surface area contributed by atoms with Crippen LogP contribution in [0.15, 0.2) is 59.5 Å². The van der Waals surface area contributed by atoms with Crippen molar-refractivity contribution in [1.82, 2.24) is 4.90 Å². The van der Waals surface area contributed by atoms with E-state index in [4.69, 9.17) is 0 Å². The second-order valence-corrected chi connectivity index (χ2v) is 7.66. The summed E-state index contributed by atoms with van der Waals surface area (Å²) in [6.45, 7) is 0.623. The quantitative estimate of drug-likeness (QED) is 0.702. The molecule has 3 nitrogen and oxygen atoms in total. The number of rotatable bonds is 3. The van der Waals surface area contributed by atoms with Gasteiger partial charge >= 0.3 is 11.5 Å². The molecule has 0 saturated carbocycles. The Labute approximate surface area is 152 Å². The van der Waals surface area contributed by atoms with Gasteiger partial charge in [-0.2, -0.15) is 13.2 Å². The fourth-order valence-electron chi connectivity index (χ4n) is 2.51. The predicted octanol–water partition coefficient (Wildman–Crippen LogP) is 5.58. The molecule has 1 fully saturated rings. The van der Waals surface area contributed by atoms with E-state index in [-0.39, 0.29) is 28.1 Å². The fraction of sp³-hybridized carbons (Fsp3) is 0.235. The van der Waals surface area contributed by atoms with Crippen LogP contribution in [-0.4, -0.2) is 28.7 Å². The lowest BCUT2D eigenvalue weighted by Gasteiger charge is -2.24. The molecule has 0 radical (unpaired) electrons. The summed E-state index contributed by atoms with van der Waals surface area (Å²) >= 11 is 1.51. The molecule has 3 rings (SSSR count). The Kier molecular flexibility index (Phi) is 5.48. The van der Waals surface area contributed by atoms with Crippen LogP contribution in [0.4, 0.5) is 23.7 Å². The minimum atomic E-state index is -4.32. The van der Waals surface area contributed by atoms with Crippen molar-refractivity contribution in [2.24, 2.45) is 0 Å². The first-order valence-electron chi connectivity index (χ1n) is 7.52. The first-order valence-corrected chi connectivity index (χ1v) is 9.39. The fourth-order valence-corrected chi connectivity index (χ4v) is 4.30. The standard InChI is InChI=1S/C17H15F3N2OS2/c18-17(19,20)25-14-8-6-13(7-9-14)21-16(23)22-10-11-24-15(22)12-4-2-1-3-5-12/h1-9,15H,10-11H2,(H,21,23). The van der Waals surface area contributed by atoms with Gasteiger partial charge in [-0.05, 0) is 41.6 Å². The van der Waals surface area contributed by atoms with Crippen molar-refractivity contribution in [2.75, 3.05) is 17.6 Å². The Morgan fingerprint density at radius 1 is 1.12 bits per heavy atom. The molecule has 8 heteroatoms. The molecule has 0 aliphatic carbocycles. The second-order valence-electron chi connectivity index (χ2n) is 5.33. The van der Waals surface area contributed by atoms with Crippen molar-refractivity contribution in [2.45, 2.75) is 15.8 Å². The highest BCUT2D eigenvalue weighted by Crippen LogP contribution is 2.39. The number of hydrogen-bond acceptors (Lipinski definition) is 3. The second kappa shape index (κ2) is 7.61. The number of carbonyl (C=O) groups is 1. The molecule has 1 saturated heterocycles. The third kappa shape index (κ3) is 4.85. The first-order chi connectivity index (χ1) is 11.9. The van der Waals surface area contributed by atoms with Gasteiger partial charge in [0.05, 0.1) is 0 Å². The lowest BCUT2D eigenvalue weighted by atomic mass is 10.2. The number of alkyl halides is 3. The number of anilines is 1. The Hall–Kier alpha value is -1.80. The van der Waals surface area contributed by atoms with Crippen LogP contribution in [0, 0.1) is 0 Å². The van der Waals surface area contributed by atoms with Gasteiger partial charge in [-0.15, -0.1) is 11.8 Å². The van der Waals surface area contributed by atoms with Crippen molar-refractivity contribution in [3.05, 3.63) is 60.2 Å².